The Balaban J connectivity index is 1.93. The molecule has 3 rings (SSSR count). The molecule has 0 bridgehead atoms. The molecule has 0 spiro atoms. The van der Waals surface area contributed by atoms with E-state index in [1.54, 1.807) is 0 Å². The monoisotopic (exact) mass is 307 g/mol. The van der Waals surface area contributed by atoms with E-state index in [9.17, 15) is 9.59 Å². The van der Waals surface area contributed by atoms with Crippen molar-refractivity contribution >= 4 is 17.5 Å². The lowest BCUT2D eigenvalue weighted by Crippen LogP contribution is -2.32. The molecule has 0 N–H and O–H groups in total. The SMILES string of the molecule is Cc1ccc(C)c(N2C(=O)C[C@H]([C@H](C)c3ccccc3)C2=O)c1. The van der Waals surface area contributed by atoms with Gasteiger partial charge < -0.3 is 0 Å². The number of benzene rings is 2. The van der Waals surface area contributed by atoms with Crippen molar-refractivity contribution in [1.29, 1.82) is 0 Å². The minimum atomic E-state index is -0.287. The largest absolute Gasteiger partial charge is 0.274 e. The highest BCUT2D eigenvalue weighted by Crippen LogP contribution is 2.36. The summed E-state index contributed by atoms with van der Waals surface area (Å²) in [5.41, 5.74) is 3.82. The van der Waals surface area contributed by atoms with Gasteiger partial charge >= 0.3 is 0 Å². The van der Waals surface area contributed by atoms with Gasteiger partial charge in [0.15, 0.2) is 0 Å². The first-order valence-electron chi connectivity index (χ1n) is 7.98. The number of hydrogen-bond donors (Lipinski definition) is 0. The maximum atomic E-state index is 12.9. The van der Waals surface area contributed by atoms with Gasteiger partial charge in [-0.25, -0.2) is 0 Å². The number of aryl methyl sites for hydroxylation is 2. The van der Waals surface area contributed by atoms with E-state index in [1.807, 2.05) is 69.3 Å². The minimum Gasteiger partial charge on any atom is -0.274 e. The Morgan fingerprint density at radius 3 is 2.43 bits per heavy atom. The van der Waals surface area contributed by atoms with E-state index in [1.165, 1.54) is 4.90 Å². The predicted octanol–water partition coefficient (Wildman–Crippen LogP) is 3.99. The van der Waals surface area contributed by atoms with E-state index in [2.05, 4.69) is 0 Å². The summed E-state index contributed by atoms with van der Waals surface area (Å²) < 4.78 is 0. The van der Waals surface area contributed by atoms with Gasteiger partial charge in [-0.2, -0.15) is 0 Å². The van der Waals surface area contributed by atoms with Crippen LogP contribution in [-0.2, 0) is 9.59 Å². The van der Waals surface area contributed by atoms with Crippen LogP contribution in [0.4, 0.5) is 5.69 Å². The molecule has 118 valence electrons. The van der Waals surface area contributed by atoms with Crippen LogP contribution in [0.2, 0.25) is 0 Å². The number of rotatable bonds is 3. The molecule has 1 aliphatic rings. The molecule has 0 aliphatic carbocycles. The summed E-state index contributed by atoms with van der Waals surface area (Å²) in [6.07, 6.45) is 0.280. The van der Waals surface area contributed by atoms with Crippen LogP contribution in [0.3, 0.4) is 0 Å². The molecule has 2 aromatic carbocycles. The lowest BCUT2D eigenvalue weighted by Gasteiger charge is -2.20. The second-order valence-electron chi connectivity index (χ2n) is 6.37. The van der Waals surface area contributed by atoms with Crippen molar-refractivity contribution in [1.82, 2.24) is 0 Å². The fourth-order valence-corrected chi connectivity index (χ4v) is 3.25. The summed E-state index contributed by atoms with van der Waals surface area (Å²) in [7, 11) is 0. The molecule has 1 aliphatic heterocycles. The summed E-state index contributed by atoms with van der Waals surface area (Å²) >= 11 is 0. The quantitative estimate of drug-likeness (QED) is 0.804. The molecule has 0 radical (unpaired) electrons. The Morgan fingerprint density at radius 1 is 1.04 bits per heavy atom. The number of imide groups is 1. The van der Waals surface area contributed by atoms with Crippen molar-refractivity contribution in [3.05, 3.63) is 65.2 Å². The minimum absolute atomic E-state index is 0.0303. The van der Waals surface area contributed by atoms with Gasteiger partial charge in [-0.1, -0.05) is 49.4 Å². The highest BCUT2D eigenvalue weighted by molar-refractivity contribution is 6.21. The van der Waals surface area contributed by atoms with E-state index in [4.69, 9.17) is 0 Å². The molecule has 23 heavy (non-hydrogen) atoms. The van der Waals surface area contributed by atoms with Crippen molar-refractivity contribution < 1.29 is 9.59 Å². The molecule has 2 aromatic rings. The third kappa shape index (κ3) is 2.79. The number of anilines is 1. The molecule has 0 saturated carbocycles. The lowest BCUT2D eigenvalue weighted by molar-refractivity contribution is -0.122. The molecule has 0 unspecified atom stereocenters. The van der Waals surface area contributed by atoms with E-state index in [-0.39, 0.29) is 30.1 Å². The molecule has 3 heteroatoms. The molecule has 2 amide bonds. The molecular formula is C20H21NO2. The predicted molar refractivity (Wildman–Crippen MR) is 91.4 cm³/mol. The number of hydrogen-bond acceptors (Lipinski definition) is 2. The van der Waals surface area contributed by atoms with E-state index >= 15 is 0 Å². The molecule has 1 fully saturated rings. The second-order valence-corrected chi connectivity index (χ2v) is 6.37. The van der Waals surface area contributed by atoms with Gasteiger partial charge in [-0.15, -0.1) is 0 Å². The van der Waals surface area contributed by atoms with Crippen LogP contribution in [0.1, 0.15) is 36.0 Å². The molecule has 3 nitrogen and oxygen atoms in total. The average molecular weight is 307 g/mol. The van der Waals surface area contributed by atoms with Crippen LogP contribution in [0.5, 0.6) is 0 Å². The summed E-state index contributed by atoms with van der Waals surface area (Å²) in [6, 6.07) is 15.8. The van der Waals surface area contributed by atoms with Crippen LogP contribution >= 0.6 is 0 Å². The van der Waals surface area contributed by atoms with Gasteiger partial charge in [0.05, 0.1) is 11.6 Å². The summed E-state index contributed by atoms with van der Waals surface area (Å²) in [5.74, 6) is -0.441. The summed E-state index contributed by atoms with van der Waals surface area (Å²) in [5, 5.41) is 0. The van der Waals surface area contributed by atoms with E-state index in [0.717, 1.165) is 22.4 Å². The van der Waals surface area contributed by atoms with Gasteiger partial charge in [-0.05, 0) is 42.5 Å². The van der Waals surface area contributed by atoms with Crippen LogP contribution in [0.25, 0.3) is 0 Å². The lowest BCUT2D eigenvalue weighted by atomic mass is 9.86. The van der Waals surface area contributed by atoms with Gasteiger partial charge in [0, 0.05) is 6.42 Å². The first-order valence-corrected chi connectivity index (χ1v) is 7.98. The Morgan fingerprint density at radius 2 is 1.74 bits per heavy atom. The third-order valence-electron chi connectivity index (χ3n) is 4.72. The first kappa shape index (κ1) is 15.5. The maximum Gasteiger partial charge on any atom is 0.238 e. The van der Waals surface area contributed by atoms with Crippen LogP contribution < -0.4 is 4.90 Å². The highest BCUT2D eigenvalue weighted by Gasteiger charge is 2.42. The average Bonchev–Trinajstić information content (AvgIpc) is 2.85. The summed E-state index contributed by atoms with van der Waals surface area (Å²) in [6.45, 7) is 5.93. The standard InChI is InChI=1S/C20H21NO2/c1-13-9-10-14(2)18(11-13)21-19(22)12-17(20(21)23)15(3)16-7-5-4-6-8-16/h4-11,15,17H,12H2,1-3H3/t15-,17-/m1/s1. The molecule has 0 aromatic heterocycles. The normalized spacial score (nSPS) is 19.3. The molecule has 1 saturated heterocycles. The zero-order valence-electron chi connectivity index (χ0n) is 13.7. The van der Waals surface area contributed by atoms with Crippen molar-refractivity contribution in [3.63, 3.8) is 0 Å². The van der Waals surface area contributed by atoms with Gasteiger partial charge in [0.2, 0.25) is 11.8 Å². The fourth-order valence-electron chi connectivity index (χ4n) is 3.25. The van der Waals surface area contributed by atoms with E-state index < -0.39 is 0 Å². The van der Waals surface area contributed by atoms with Crippen molar-refractivity contribution in [3.8, 4) is 0 Å². The zero-order valence-corrected chi connectivity index (χ0v) is 13.7. The smallest absolute Gasteiger partial charge is 0.238 e. The van der Waals surface area contributed by atoms with Gasteiger partial charge in [0.1, 0.15) is 0 Å². The summed E-state index contributed by atoms with van der Waals surface area (Å²) in [4.78, 5) is 26.8. The van der Waals surface area contributed by atoms with E-state index in [0.29, 0.717) is 0 Å². The number of nitrogens with zero attached hydrogens (tertiary/aromatic N) is 1. The Kier molecular flexibility index (Phi) is 4.03. The van der Waals surface area contributed by atoms with Crippen molar-refractivity contribution in [2.45, 2.75) is 33.1 Å². The van der Waals surface area contributed by atoms with Gasteiger partial charge in [0.25, 0.3) is 0 Å². The van der Waals surface area contributed by atoms with Crippen LogP contribution in [0, 0.1) is 19.8 Å². The maximum absolute atomic E-state index is 12.9. The zero-order chi connectivity index (χ0) is 16.6. The second kappa shape index (κ2) is 5.99. The van der Waals surface area contributed by atoms with Crippen molar-refractivity contribution in [2.75, 3.05) is 4.90 Å². The first-order chi connectivity index (χ1) is 11.0. The third-order valence-corrected chi connectivity index (χ3v) is 4.72. The van der Waals surface area contributed by atoms with Crippen LogP contribution in [0.15, 0.2) is 48.5 Å². The number of amides is 2. The molecular weight excluding hydrogens is 286 g/mol. The van der Waals surface area contributed by atoms with Gasteiger partial charge in [-0.3, -0.25) is 14.5 Å². The number of carbonyl (C=O) groups is 2. The van der Waals surface area contributed by atoms with Crippen molar-refractivity contribution in [2.24, 2.45) is 5.92 Å². The molecule has 2 atom stereocenters. The topological polar surface area (TPSA) is 37.4 Å². The van der Waals surface area contributed by atoms with Crippen LogP contribution in [-0.4, -0.2) is 11.8 Å². The highest BCUT2D eigenvalue weighted by atomic mass is 16.2. The Labute approximate surface area is 136 Å². The number of carbonyl (C=O) groups excluding carboxylic acids is 2. The Bertz CT molecular complexity index is 751. The Hall–Kier alpha value is -2.42. The fraction of sp³-hybridized carbons (Fsp3) is 0.300. The molecule has 1 heterocycles.